The molecule has 2 N–H and O–H groups in total. The van der Waals surface area contributed by atoms with Crippen LogP contribution in [0.3, 0.4) is 0 Å². The third kappa shape index (κ3) is 2.70. The summed E-state index contributed by atoms with van der Waals surface area (Å²) in [7, 11) is 0. The monoisotopic (exact) mass is 271 g/mol. The van der Waals surface area contributed by atoms with E-state index in [0.29, 0.717) is 0 Å². The lowest BCUT2D eigenvalue weighted by Gasteiger charge is -2.13. The molecule has 3 rings (SSSR count). The molecule has 0 amide bonds. The number of aromatic nitrogens is 2. The zero-order chi connectivity index (χ0) is 13.8. The van der Waals surface area contributed by atoms with Gasteiger partial charge in [-0.25, -0.2) is 0 Å². The molecule has 0 spiro atoms. The number of unbranched alkanes of at least 4 members (excludes halogenated alkanes) is 1. The van der Waals surface area contributed by atoms with Crippen molar-refractivity contribution in [3.63, 3.8) is 0 Å². The number of aromatic amines is 1. The summed E-state index contributed by atoms with van der Waals surface area (Å²) in [6, 6.07) is 8.23. The maximum atomic E-state index is 5.78. The second-order valence-corrected chi connectivity index (χ2v) is 5.19. The first kappa shape index (κ1) is 13.2. The number of rotatable bonds is 5. The van der Waals surface area contributed by atoms with Crippen molar-refractivity contribution < 1.29 is 4.74 Å². The standard InChI is InChI=1S/C16H21N3O/c1-2-3-9-20-13-6-4-5-12(10-13)16-14-11-17-8-7-15(14)18-19-16/h4-6,10,17H,2-3,7-9,11H2,1H3,(H,18,19). The lowest BCUT2D eigenvalue weighted by molar-refractivity contribution is 0.309. The van der Waals surface area contributed by atoms with E-state index in [-0.39, 0.29) is 0 Å². The van der Waals surface area contributed by atoms with Crippen LogP contribution in [0.15, 0.2) is 24.3 Å². The Balaban J connectivity index is 1.83. The summed E-state index contributed by atoms with van der Waals surface area (Å²) in [4.78, 5) is 0. The molecule has 2 aromatic rings. The normalized spacial score (nSPS) is 14.1. The van der Waals surface area contributed by atoms with E-state index in [9.17, 15) is 0 Å². The Morgan fingerprint density at radius 3 is 3.20 bits per heavy atom. The molecule has 2 heterocycles. The molecule has 0 saturated carbocycles. The molecule has 20 heavy (non-hydrogen) atoms. The number of benzene rings is 1. The summed E-state index contributed by atoms with van der Waals surface area (Å²) in [5, 5.41) is 11.1. The second kappa shape index (κ2) is 6.09. The lowest BCUT2D eigenvalue weighted by atomic mass is 10.0. The number of H-pyrrole nitrogens is 1. The molecule has 0 unspecified atom stereocenters. The van der Waals surface area contributed by atoms with Gasteiger partial charge in [0.15, 0.2) is 0 Å². The highest BCUT2D eigenvalue weighted by Gasteiger charge is 2.17. The third-order valence-corrected chi connectivity index (χ3v) is 3.68. The molecule has 4 heteroatoms. The lowest BCUT2D eigenvalue weighted by Crippen LogP contribution is -2.23. The van der Waals surface area contributed by atoms with Gasteiger partial charge in [-0.05, 0) is 18.6 Å². The molecule has 1 aliphatic rings. The van der Waals surface area contributed by atoms with Gasteiger partial charge in [-0.1, -0.05) is 25.5 Å². The smallest absolute Gasteiger partial charge is 0.119 e. The molecule has 0 aliphatic carbocycles. The Morgan fingerprint density at radius 2 is 2.30 bits per heavy atom. The minimum atomic E-state index is 0.778. The molecular weight excluding hydrogens is 250 g/mol. The van der Waals surface area contributed by atoms with Gasteiger partial charge in [-0.2, -0.15) is 5.10 Å². The number of nitrogens with one attached hydrogen (secondary N) is 2. The molecule has 1 aliphatic heterocycles. The van der Waals surface area contributed by atoms with Gasteiger partial charge in [0.05, 0.1) is 12.3 Å². The summed E-state index contributed by atoms with van der Waals surface area (Å²) < 4.78 is 5.78. The van der Waals surface area contributed by atoms with E-state index in [1.54, 1.807) is 0 Å². The number of fused-ring (bicyclic) bond motifs is 1. The molecule has 0 atom stereocenters. The van der Waals surface area contributed by atoms with Gasteiger partial charge in [0.1, 0.15) is 5.75 Å². The molecule has 4 nitrogen and oxygen atoms in total. The number of hydrogen-bond donors (Lipinski definition) is 2. The fourth-order valence-corrected chi connectivity index (χ4v) is 2.53. The van der Waals surface area contributed by atoms with Crippen molar-refractivity contribution in [1.82, 2.24) is 15.5 Å². The molecule has 0 saturated heterocycles. The Hall–Kier alpha value is -1.81. The Labute approximate surface area is 119 Å². The molecular formula is C16H21N3O. The van der Waals surface area contributed by atoms with Crippen molar-refractivity contribution >= 4 is 0 Å². The topological polar surface area (TPSA) is 49.9 Å². The van der Waals surface area contributed by atoms with Crippen LogP contribution in [0.5, 0.6) is 5.75 Å². The van der Waals surface area contributed by atoms with Crippen molar-refractivity contribution in [3.05, 3.63) is 35.5 Å². The third-order valence-electron chi connectivity index (χ3n) is 3.68. The maximum absolute atomic E-state index is 5.78. The predicted molar refractivity (Wildman–Crippen MR) is 79.8 cm³/mol. The van der Waals surface area contributed by atoms with Crippen LogP contribution in [-0.4, -0.2) is 23.3 Å². The van der Waals surface area contributed by atoms with E-state index >= 15 is 0 Å². The predicted octanol–water partition coefficient (Wildman–Crippen LogP) is 2.90. The highest BCUT2D eigenvalue weighted by atomic mass is 16.5. The first-order chi connectivity index (χ1) is 9.88. The average Bonchev–Trinajstić information content (AvgIpc) is 2.92. The SMILES string of the molecule is CCCCOc1cccc(-c2n[nH]c3c2CNCC3)c1. The van der Waals surface area contributed by atoms with Crippen molar-refractivity contribution in [3.8, 4) is 17.0 Å². The van der Waals surface area contributed by atoms with E-state index < -0.39 is 0 Å². The van der Waals surface area contributed by atoms with Crippen LogP contribution in [0.2, 0.25) is 0 Å². The van der Waals surface area contributed by atoms with Gasteiger partial charge in [0.2, 0.25) is 0 Å². The summed E-state index contributed by atoms with van der Waals surface area (Å²) in [6.07, 6.45) is 3.26. The minimum Gasteiger partial charge on any atom is -0.494 e. The molecule has 106 valence electrons. The molecule has 1 aromatic carbocycles. The van der Waals surface area contributed by atoms with E-state index in [1.165, 1.54) is 11.3 Å². The van der Waals surface area contributed by atoms with E-state index in [4.69, 9.17) is 4.74 Å². The van der Waals surface area contributed by atoms with Crippen molar-refractivity contribution in [1.29, 1.82) is 0 Å². The fourth-order valence-electron chi connectivity index (χ4n) is 2.53. The molecule has 0 bridgehead atoms. The van der Waals surface area contributed by atoms with E-state index in [1.807, 2.05) is 12.1 Å². The summed E-state index contributed by atoms with van der Waals surface area (Å²) in [5.41, 5.74) is 4.73. The van der Waals surface area contributed by atoms with Crippen LogP contribution in [0.1, 0.15) is 31.0 Å². The zero-order valence-corrected chi connectivity index (χ0v) is 11.9. The summed E-state index contributed by atoms with van der Waals surface area (Å²) in [5.74, 6) is 0.927. The fraction of sp³-hybridized carbons (Fsp3) is 0.438. The van der Waals surface area contributed by atoms with Crippen molar-refractivity contribution in [2.24, 2.45) is 0 Å². The zero-order valence-electron chi connectivity index (χ0n) is 11.9. The first-order valence-electron chi connectivity index (χ1n) is 7.38. The van der Waals surface area contributed by atoms with Gasteiger partial charge >= 0.3 is 0 Å². The van der Waals surface area contributed by atoms with Crippen molar-refractivity contribution in [2.75, 3.05) is 13.2 Å². The van der Waals surface area contributed by atoms with Crippen LogP contribution in [-0.2, 0) is 13.0 Å². The van der Waals surface area contributed by atoms with E-state index in [2.05, 4.69) is 34.6 Å². The minimum absolute atomic E-state index is 0.778. The largest absolute Gasteiger partial charge is 0.494 e. The molecule has 1 aromatic heterocycles. The maximum Gasteiger partial charge on any atom is 0.119 e. The van der Waals surface area contributed by atoms with Gasteiger partial charge in [0.25, 0.3) is 0 Å². The highest BCUT2D eigenvalue weighted by molar-refractivity contribution is 5.65. The average molecular weight is 271 g/mol. The Morgan fingerprint density at radius 1 is 1.35 bits per heavy atom. The van der Waals surface area contributed by atoms with Gasteiger partial charge in [-0.15, -0.1) is 0 Å². The van der Waals surface area contributed by atoms with Gasteiger partial charge < -0.3 is 10.1 Å². The number of ether oxygens (including phenoxy) is 1. The molecule has 0 fully saturated rings. The van der Waals surface area contributed by atoms with Crippen LogP contribution in [0, 0.1) is 0 Å². The summed E-state index contributed by atoms with van der Waals surface area (Å²) in [6.45, 7) is 4.86. The van der Waals surface area contributed by atoms with Crippen LogP contribution >= 0.6 is 0 Å². The molecule has 0 radical (unpaired) electrons. The summed E-state index contributed by atoms with van der Waals surface area (Å²) >= 11 is 0. The number of hydrogen-bond acceptors (Lipinski definition) is 3. The first-order valence-corrected chi connectivity index (χ1v) is 7.38. The van der Waals surface area contributed by atoms with E-state index in [0.717, 1.165) is 56.0 Å². The van der Waals surface area contributed by atoms with Crippen LogP contribution < -0.4 is 10.1 Å². The Kier molecular flexibility index (Phi) is 4.02. The highest BCUT2D eigenvalue weighted by Crippen LogP contribution is 2.28. The van der Waals surface area contributed by atoms with Gasteiger partial charge in [0, 0.05) is 36.3 Å². The van der Waals surface area contributed by atoms with Crippen LogP contribution in [0.4, 0.5) is 0 Å². The second-order valence-electron chi connectivity index (χ2n) is 5.19. The Bertz CT molecular complexity index is 577. The van der Waals surface area contributed by atoms with Crippen LogP contribution in [0.25, 0.3) is 11.3 Å². The van der Waals surface area contributed by atoms with Crippen molar-refractivity contribution in [2.45, 2.75) is 32.7 Å². The quantitative estimate of drug-likeness (QED) is 0.822. The van der Waals surface area contributed by atoms with Gasteiger partial charge in [-0.3, -0.25) is 5.10 Å². The number of nitrogens with zero attached hydrogens (tertiary/aromatic N) is 1.